The number of ketones is 2. The molecule has 1 N–H and O–H groups in total. The Bertz CT molecular complexity index is 867. The van der Waals surface area contributed by atoms with E-state index in [-0.39, 0.29) is 17.3 Å². The van der Waals surface area contributed by atoms with Gasteiger partial charge in [0, 0.05) is 22.3 Å². The van der Waals surface area contributed by atoms with Crippen molar-refractivity contribution in [3.05, 3.63) is 101 Å². The molecule has 0 heterocycles. The lowest BCUT2D eigenvalue weighted by Crippen LogP contribution is -2.11. The van der Waals surface area contributed by atoms with Gasteiger partial charge >= 0.3 is 0 Å². The molecule has 3 aromatic carbocycles. The molecule has 0 fully saturated rings. The summed E-state index contributed by atoms with van der Waals surface area (Å²) in [6.07, 6.45) is 0. The number of aromatic hydroxyl groups is 1. The molecular weight excluding hydrogens is 288 g/mol. The van der Waals surface area contributed by atoms with Crippen molar-refractivity contribution in [3.63, 3.8) is 0 Å². The number of hydrogen-bond acceptors (Lipinski definition) is 3. The Morgan fingerprint density at radius 2 is 1.13 bits per heavy atom. The van der Waals surface area contributed by atoms with Gasteiger partial charge in [0.15, 0.2) is 11.6 Å². The first-order chi connectivity index (χ1) is 11.2. The first-order valence-electron chi connectivity index (χ1n) is 7.19. The topological polar surface area (TPSA) is 54.4 Å². The van der Waals surface area contributed by atoms with E-state index < -0.39 is 0 Å². The molecule has 3 aromatic rings. The predicted molar refractivity (Wildman–Crippen MR) is 87.9 cm³/mol. The van der Waals surface area contributed by atoms with Gasteiger partial charge in [0.25, 0.3) is 0 Å². The van der Waals surface area contributed by atoms with Gasteiger partial charge in [0.05, 0.1) is 0 Å². The van der Waals surface area contributed by atoms with Crippen LogP contribution in [-0.2, 0) is 0 Å². The summed E-state index contributed by atoms with van der Waals surface area (Å²) >= 11 is 0. The number of phenols is 1. The van der Waals surface area contributed by atoms with Crippen molar-refractivity contribution in [3.8, 4) is 5.75 Å². The molecule has 0 bridgehead atoms. The van der Waals surface area contributed by atoms with E-state index in [9.17, 15) is 14.7 Å². The van der Waals surface area contributed by atoms with Gasteiger partial charge in [0.2, 0.25) is 0 Å². The summed E-state index contributed by atoms with van der Waals surface area (Å²) in [4.78, 5) is 25.4. The Morgan fingerprint density at radius 1 is 0.609 bits per heavy atom. The Kier molecular flexibility index (Phi) is 4.02. The van der Waals surface area contributed by atoms with Crippen LogP contribution in [0.4, 0.5) is 0 Å². The minimum absolute atomic E-state index is 0.0164. The lowest BCUT2D eigenvalue weighted by atomic mass is 9.93. The van der Waals surface area contributed by atoms with E-state index >= 15 is 0 Å². The van der Waals surface area contributed by atoms with Crippen LogP contribution < -0.4 is 0 Å². The maximum Gasteiger partial charge on any atom is 0.193 e. The molecule has 112 valence electrons. The minimum Gasteiger partial charge on any atom is -0.508 e. The largest absolute Gasteiger partial charge is 0.508 e. The SMILES string of the molecule is O=C(c1ccccc1)c1ccccc1C(=O)c1cccc(O)c1. The normalized spacial score (nSPS) is 10.3. The molecule has 0 aliphatic rings. The molecular formula is C20H14O3. The van der Waals surface area contributed by atoms with Crippen molar-refractivity contribution in [1.29, 1.82) is 0 Å². The van der Waals surface area contributed by atoms with E-state index in [1.165, 1.54) is 12.1 Å². The van der Waals surface area contributed by atoms with Crippen molar-refractivity contribution in [1.82, 2.24) is 0 Å². The minimum atomic E-state index is -0.291. The average molecular weight is 302 g/mol. The van der Waals surface area contributed by atoms with E-state index in [2.05, 4.69) is 0 Å². The van der Waals surface area contributed by atoms with Crippen LogP contribution in [0.3, 0.4) is 0 Å². The molecule has 0 unspecified atom stereocenters. The Morgan fingerprint density at radius 3 is 1.74 bits per heavy atom. The van der Waals surface area contributed by atoms with Crippen molar-refractivity contribution >= 4 is 11.6 Å². The molecule has 0 spiro atoms. The highest BCUT2D eigenvalue weighted by atomic mass is 16.3. The van der Waals surface area contributed by atoms with Gasteiger partial charge < -0.3 is 5.11 Å². The summed E-state index contributed by atoms with van der Waals surface area (Å²) in [6.45, 7) is 0. The van der Waals surface area contributed by atoms with Gasteiger partial charge in [-0.15, -0.1) is 0 Å². The third-order valence-corrected chi connectivity index (χ3v) is 3.56. The highest BCUT2D eigenvalue weighted by molar-refractivity contribution is 6.19. The van der Waals surface area contributed by atoms with Gasteiger partial charge in [0.1, 0.15) is 5.75 Å². The fraction of sp³-hybridized carbons (Fsp3) is 0. The maximum atomic E-state index is 12.7. The standard InChI is InChI=1S/C20H14O3/c21-16-10-6-9-15(13-16)20(23)18-12-5-4-11-17(18)19(22)14-7-2-1-3-8-14/h1-13,21H. The number of benzene rings is 3. The second kappa shape index (κ2) is 6.28. The van der Waals surface area contributed by atoms with Crippen LogP contribution in [-0.4, -0.2) is 16.7 Å². The van der Waals surface area contributed by atoms with E-state index in [4.69, 9.17) is 0 Å². The number of hydrogen-bond donors (Lipinski definition) is 1. The number of phenolic OH excluding ortho intramolecular Hbond substituents is 1. The monoisotopic (exact) mass is 302 g/mol. The van der Waals surface area contributed by atoms with Crippen molar-refractivity contribution < 1.29 is 14.7 Å². The molecule has 0 radical (unpaired) electrons. The highest BCUT2D eigenvalue weighted by Crippen LogP contribution is 2.20. The molecule has 0 aromatic heterocycles. The summed E-state index contributed by atoms with van der Waals surface area (Å²) in [5, 5.41) is 9.55. The molecule has 0 saturated heterocycles. The summed E-state index contributed by atoms with van der Waals surface area (Å²) in [5.41, 5.74) is 1.56. The van der Waals surface area contributed by atoms with Crippen LogP contribution in [0.25, 0.3) is 0 Å². The molecule has 3 nitrogen and oxygen atoms in total. The lowest BCUT2D eigenvalue weighted by Gasteiger charge is -2.08. The fourth-order valence-corrected chi connectivity index (χ4v) is 2.43. The van der Waals surface area contributed by atoms with E-state index in [1.54, 1.807) is 60.7 Å². The van der Waals surface area contributed by atoms with Crippen LogP contribution >= 0.6 is 0 Å². The number of rotatable bonds is 4. The zero-order chi connectivity index (χ0) is 16.2. The molecule has 0 atom stereocenters. The van der Waals surface area contributed by atoms with Gasteiger partial charge in [-0.3, -0.25) is 9.59 Å². The summed E-state index contributed by atoms with van der Waals surface area (Å²) < 4.78 is 0. The van der Waals surface area contributed by atoms with E-state index in [0.29, 0.717) is 22.3 Å². The molecule has 0 amide bonds. The fourth-order valence-electron chi connectivity index (χ4n) is 2.43. The maximum absolute atomic E-state index is 12.7. The zero-order valence-electron chi connectivity index (χ0n) is 12.3. The predicted octanol–water partition coefficient (Wildman–Crippen LogP) is 3.85. The van der Waals surface area contributed by atoms with E-state index in [1.807, 2.05) is 6.07 Å². The Balaban J connectivity index is 2.05. The number of carbonyl (C=O) groups is 2. The molecule has 0 aliphatic heterocycles. The van der Waals surface area contributed by atoms with Gasteiger partial charge in [-0.2, -0.15) is 0 Å². The first-order valence-corrected chi connectivity index (χ1v) is 7.19. The zero-order valence-corrected chi connectivity index (χ0v) is 12.3. The molecule has 3 rings (SSSR count). The summed E-state index contributed by atoms with van der Waals surface area (Å²) in [6, 6.07) is 21.7. The quantitative estimate of drug-likeness (QED) is 0.745. The molecule has 0 saturated carbocycles. The van der Waals surface area contributed by atoms with Crippen LogP contribution in [0, 0.1) is 0 Å². The summed E-state index contributed by atoms with van der Waals surface area (Å²) in [5.74, 6) is -0.474. The Hall–Kier alpha value is -3.20. The van der Waals surface area contributed by atoms with E-state index in [0.717, 1.165) is 0 Å². The van der Waals surface area contributed by atoms with Gasteiger partial charge in [-0.1, -0.05) is 66.7 Å². The molecule has 0 aliphatic carbocycles. The third kappa shape index (κ3) is 3.04. The van der Waals surface area contributed by atoms with Gasteiger partial charge in [-0.05, 0) is 12.1 Å². The lowest BCUT2D eigenvalue weighted by molar-refractivity contribution is 0.100. The van der Waals surface area contributed by atoms with Crippen LogP contribution in [0.5, 0.6) is 5.75 Å². The van der Waals surface area contributed by atoms with Crippen molar-refractivity contribution in [2.24, 2.45) is 0 Å². The van der Waals surface area contributed by atoms with Gasteiger partial charge in [-0.25, -0.2) is 0 Å². The smallest absolute Gasteiger partial charge is 0.193 e. The number of carbonyl (C=O) groups excluding carboxylic acids is 2. The second-order valence-corrected chi connectivity index (χ2v) is 5.12. The molecule has 23 heavy (non-hydrogen) atoms. The van der Waals surface area contributed by atoms with Crippen LogP contribution in [0.2, 0.25) is 0 Å². The average Bonchev–Trinajstić information content (AvgIpc) is 2.61. The van der Waals surface area contributed by atoms with Crippen LogP contribution in [0.15, 0.2) is 78.9 Å². The van der Waals surface area contributed by atoms with Crippen LogP contribution in [0.1, 0.15) is 31.8 Å². The first kappa shape index (κ1) is 14.7. The highest BCUT2D eigenvalue weighted by Gasteiger charge is 2.19. The van der Waals surface area contributed by atoms with Crippen molar-refractivity contribution in [2.75, 3.05) is 0 Å². The molecule has 3 heteroatoms. The third-order valence-electron chi connectivity index (χ3n) is 3.56. The van der Waals surface area contributed by atoms with Crippen molar-refractivity contribution in [2.45, 2.75) is 0 Å². The second-order valence-electron chi connectivity index (χ2n) is 5.12. The summed E-state index contributed by atoms with van der Waals surface area (Å²) in [7, 11) is 0. The Labute approximate surface area is 133 Å².